The fraction of sp³-hybridized carbons (Fsp3) is 0.944. The van der Waals surface area contributed by atoms with Crippen molar-refractivity contribution in [2.24, 2.45) is 5.92 Å². The first-order valence-electron chi connectivity index (χ1n) is 9.41. The number of hydrogen-bond acceptors (Lipinski definition) is 3. The molecule has 4 nitrogen and oxygen atoms in total. The number of amides is 1. The number of piperidine rings is 1. The van der Waals surface area contributed by atoms with Crippen LogP contribution in [0.3, 0.4) is 0 Å². The van der Waals surface area contributed by atoms with Crippen molar-refractivity contribution in [1.29, 1.82) is 0 Å². The van der Waals surface area contributed by atoms with E-state index >= 15 is 0 Å². The zero-order valence-electron chi connectivity index (χ0n) is 13.9. The summed E-state index contributed by atoms with van der Waals surface area (Å²) < 4.78 is 0. The van der Waals surface area contributed by atoms with Gasteiger partial charge in [0.05, 0.1) is 0 Å². The lowest BCUT2D eigenvalue weighted by molar-refractivity contribution is -0.160. The lowest BCUT2D eigenvalue weighted by Crippen LogP contribution is -2.59. The molecule has 0 spiro atoms. The quantitative estimate of drug-likeness (QED) is 0.867. The van der Waals surface area contributed by atoms with Crippen molar-refractivity contribution in [2.45, 2.75) is 69.8 Å². The monoisotopic (exact) mass is 308 g/mol. The van der Waals surface area contributed by atoms with Gasteiger partial charge in [-0.3, -0.25) is 9.69 Å². The second-order valence-corrected chi connectivity index (χ2v) is 7.73. The maximum absolute atomic E-state index is 12.8. The average Bonchev–Trinajstić information content (AvgIpc) is 2.42. The molecule has 1 atom stereocenters. The molecule has 0 radical (unpaired) electrons. The van der Waals surface area contributed by atoms with Crippen molar-refractivity contribution in [1.82, 2.24) is 9.80 Å². The van der Waals surface area contributed by atoms with Gasteiger partial charge in [-0.05, 0) is 57.5 Å². The van der Waals surface area contributed by atoms with Crippen molar-refractivity contribution in [3.8, 4) is 0 Å². The molecule has 2 aliphatic heterocycles. The van der Waals surface area contributed by atoms with Crippen molar-refractivity contribution in [3.63, 3.8) is 0 Å². The summed E-state index contributed by atoms with van der Waals surface area (Å²) in [5.74, 6) is 0.695. The van der Waals surface area contributed by atoms with Gasteiger partial charge in [-0.1, -0.05) is 25.7 Å². The molecule has 2 saturated heterocycles. The Kier molecular flexibility index (Phi) is 5.40. The SMILES string of the molecule is O=C1N(CC2CCC2)CCC[C@]1(O)CN1CCCCCCC1. The number of carbonyl (C=O) groups excluding carboxylic acids is 1. The van der Waals surface area contributed by atoms with Crippen LogP contribution in [0.1, 0.15) is 64.2 Å². The van der Waals surface area contributed by atoms with E-state index in [2.05, 4.69) is 4.90 Å². The normalized spacial score (nSPS) is 32.4. The molecule has 1 aliphatic carbocycles. The van der Waals surface area contributed by atoms with Crippen LogP contribution in [0.5, 0.6) is 0 Å². The molecular formula is C18H32N2O2. The molecule has 3 rings (SSSR count). The Hall–Kier alpha value is -0.610. The van der Waals surface area contributed by atoms with Gasteiger partial charge in [0.2, 0.25) is 0 Å². The number of aliphatic hydroxyl groups is 1. The third-order valence-electron chi connectivity index (χ3n) is 5.84. The van der Waals surface area contributed by atoms with E-state index in [4.69, 9.17) is 0 Å². The van der Waals surface area contributed by atoms with Gasteiger partial charge in [-0.15, -0.1) is 0 Å². The zero-order valence-corrected chi connectivity index (χ0v) is 13.9. The maximum Gasteiger partial charge on any atom is 0.255 e. The second-order valence-electron chi connectivity index (χ2n) is 7.73. The first kappa shape index (κ1) is 16.3. The van der Waals surface area contributed by atoms with Gasteiger partial charge >= 0.3 is 0 Å². The van der Waals surface area contributed by atoms with Crippen LogP contribution in [-0.2, 0) is 4.79 Å². The van der Waals surface area contributed by atoms with Crippen LogP contribution in [0.15, 0.2) is 0 Å². The highest BCUT2D eigenvalue weighted by Crippen LogP contribution is 2.31. The Morgan fingerprint density at radius 1 is 0.955 bits per heavy atom. The van der Waals surface area contributed by atoms with Crippen LogP contribution in [0.2, 0.25) is 0 Å². The number of likely N-dealkylation sites (tertiary alicyclic amines) is 2. The average molecular weight is 308 g/mol. The van der Waals surface area contributed by atoms with E-state index in [0.29, 0.717) is 18.9 Å². The Balaban J connectivity index is 1.58. The Bertz CT molecular complexity index is 375. The molecule has 3 aliphatic rings. The Morgan fingerprint density at radius 2 is 1.64 bits per heavy atom. The minimum atomic E-state index is -1.12. The lowest BCUT2D eigenvalue weighted by Gasteiger charge is -2.43. The van der Waals surface area contributed by atoms with Crippen molar-refractivity contribution < 1.29 is 9.90 Å². The van der Waals surface area contributed by atoms with Crippen molar-refractivity contribution in [2.75, 3.05) is 32.7 Å². The number of carbonyl (C=O) groups is 1. The predicted octanol–water partition coefficient (Wildman–Crippen LogP) is 2.41. The smallest absolute Gasteiger partial charge is 0.255 e. The summed E-state index contributed by atoms with van der Waals surface area (Å²) in [7, 11) is 0. The zero-order chi connectivity index (χ0) is 15.4. The van der Waals surface area contributed by atoms with E-state index < -0.39 is 5.60 Å². The molecule has 0 aromatic heterocycles. The topological polar surface area (TPSA) is 43.8 Å². The molecule has 126 valence electrons. The van der Waals surface area contributed by atoms with E-state index in [1.807, 2.05) is 4.90 Å². The van der Waals surface area contributed by atoms with E-state index in [1.165, 1.54) is 51.4 Å². The van der Waals surface area contributed by atoms with Crippen LogP contribution in [0.4, 0.5) is 0 Å². The molecule has 0 aromatic carbocycles. The fourth-order valence-electron chi connectivity index (χ4n) is 4.21. The van der Waals surface area contributed by atoms with E-state index in [0.717, 1.165) is 32.6 Å². The molecule has 3 fully saturated rings. The van der Waals surface area contributed by atoms with Gasteiger partial charge in [-0.25, -0.2) is 0 Å². The molecule has 1 saturated carbocycles. The minimum absolute atomic E-state index is 0.00714. The Labute approximate surface area is 134 Å². The van der Waals surface area contributed by atoms with Gasteiger partial charge in [0.25, 0.3) is 5.91 Å². The van der Waals surface area contributed by atoms with E-state index in [1.54, 1.807) is 0 Å². The fourth-order valence-corrected chi connectivity index (χ4v) is 4.21. The van der Waals surface area contributed by atoms with Crippen molar-refractivity contribution >= 4 is 5.91 Å². The van der Waals surface area contributed by atoms with Crippen LogP contribution >= 0.6 is 0 Å². The summed E-state index contributed by atoms with van der Waals surface area (Å²) in [6, 6.07) is 0. The van der Waals surface area contributed by atoms with Crippen LogP contribution in [0, 0.1) is 5.92 Å². The highest BCUT2D eigenvalue weighted by Gasteiger charge is 2.43. The molecule has 22 heavy (non-hydrogen) atoms. The second kappa shape index (κ2) is 7.31. The van der Waals surface area contributed by atoms with E-state index in [-0.39, 0.29) is 5.91 Å². The number of β-amino-alcohol motifs (C(OH)–C–C–N with tert-alkyl or cyclic N) is 1. The molecule has 1 amide bonds. The van der Waals surface area contributed by atoms with Gasteiger partial charge in [0.15, 0.2) is 5.60 Å². The number of hydrogen-bond donors (Lipinski definition) is 1. The predicted molar refractivity (Wildman–Crippen MR) is 87.6 cm³/mol. The summed E-state index contributed by atoms with van der Waals surface area (Å²) in [6.07, 6.45) is 11.7. The number of rotatable bonds is 4. The van der Waals surface area contributed by atoms with Gasteiger partial charge in [-0.2, -0.15) is 0 Å². The summed E-state index contributed by atoms with van der Waals surface area (Å²) in [5.41, 5.74) is -1.12. The summed E-state index contributed by atoms with van der Waals surface area (Å²) in [4.78, 5) is 17.1. The first-order chi connectivity index (χ1) is 10.7. The molecule has 0 bridgehead atoms. The molecule has 0 unspecified atom stereocenters. The number of nitrogens with zero attached hydrogens (tertiary/aromatic N) is 2. The van der Waals surface area contributed by atoms with Crippen LogP contribution in [-0.4, -0.2) is 59.1 Å². The van der Waals surface area contributed by atoms with E-state index in [9.17, 15) is 9.90 Å². The lowest BCUT2D eigenvalue weighted by atomic mass is 9.83. The highest BCUT2D eigenvalue weighted by molar-refractivity contribution is 5.86. The van der Waals surface area contributed by atoms with Crippen molar-refractivity contribution in [3.05, 3.63) is 0 Å². The molecule has 4 heteroatoms. The third-order valence-corrected chi connectivity index (χ3v) is 5.84. The Morgan fingerprint density at radius 3 is 2.27 bits per heavy atom. The molecule has 1 N–H and O–H groups in total. The standard InChI is InChI=1S/C18H32N2O2/c21-17-18(22,15-19-11-4-2-1-3-5-12-19)10-7-13-20(17)14-16-8-6-9-16/h16,22H,1-15H2/t18-/m0/s1. The van der Waals surface area contributed by atoms with Crippen LogP contribution in [0.25, 0.3) is 0 Å². The largest absolute Gasteiger partial charge is 0.379 e. The first-order valence-corrected chi connectivity index (χ1v) is 9.41. The van der Waals surface area contributed by atoms with Gasteiger partial charge in [0, 0.05) is 19.6 Å². The van der Waals surface area contributed by atoms with Crippen LogP contribution < -0.4 is 0 Å². The van der Waals surface area contributed by atoms with Gasteiger partial charge in [0.1, 0.15) is 0 Å². The third kappa shape index (κ3) is 3.83. The summed E-state index contributed by atoms with van der Waals surface area (Å²) >= 11 is 0. The maximum atomic E-state index is 12.8. The highest BCUT2D eigenvalue weighted by atomic mass is 16.3. The molecule has 0 aromatic rings. The molecular weight excluding hydrogens is 276 g/mol. The minimum Gasteiger partial charge on any atom is -0.379 e. The summed E-state index contributed by atoms with van der Waals surface area (Å²) in [6.45, 7) is 4.35. The molecule has 2 heterocycles. The summed E-state index contributed by atoms with van der Waals surface area (Å²) in [5, 5.41) is 11.0. The van der Waals surface area contributed by atoms with Gasteiger partial charge < -0.3 is 10.0 Å².